The van der Waals surface area contributed by atoms with E-state index >= 15 is 0 Å². The van der Waals surface area contributed by atoms with Crippen LogP contribution in [0.5, 0.6) is 0 Å². The molecule has 1 aliphatic heterocycles. The van der Waals surface area contributed by atoms with E-state index in [9.17, 15) is 0 Å². The average Bonchev–Trinajstić information content (AvgIpc) is 2.68. The van der Waals surface area contributed by atoms with Crippen molar-refractivity contribution in [1.82, 2.24) is 0 Å². The molecule has 1 aliphatic rings. The first kappa shape index (κ1) is 8.30. The molecule has 0 amide bonds. The second-order valence-electron chi connectivity index (χ2n) is 2.20. The molecule has 0 aromatic carbocycles. The first-order chi connectivity index (χ1) is 5.43. The Kier molecular flexibility index (Phi) is 3.72. The van der Waals surface area contributed by atoms with Crippen LogP contribution in [-0.2, 0) is 9.47 Å². The fourth-order valence-electron chi connectivity index (χ4n) is 0.577. The lowest BCUT2D eigenvalue weighted by molar-refractivity contribution is 0.171. The molecular formula is C8H12O3. The minimum atomic E-state index is 0.426. The highest BCUT2D eigenvalue weighted by molar-refractivity contribution is 4.79. The smallest absolute Gasteiger partial charge is 0.104 e. The Bertz CT molecular complexity index is 139. The van der Waals surface area contributed by atoms with E-state index in [1.165, 1.54) is 0 Å². The number of ether oxygens (including phenoxy) is 2. The van der Waals surface area contributed by atoms with Crippen LogP contribution in [0.15, 0.2) is 29.1 Å². The Balaban J connectivity index is 0.000000112. The maximum Gasteiger partial charge on any atom is 0.104 e. The zero-order valence-electron chi connectivity index (χ0n) is 6.53. The minimum Gasteiger partial charge on any atom is -0.473 e. The summed E-state index contributed by atoms with van der Waals surface area (Å²) in [6.07, 6.45) is 3.68. The zero-order chi connectivity index (χ0) is 7.94. The molecule has 1 unspecified atom stereocenters. The van der Waals surface area contributed by atoms with Crippen molar-refractivity contribution in [2.45, 2.75) is 6.10 Å². The van der Waals surface area contributed by atoms with Crippen LogP contribution >= 0.6 is 0 Å². The summed E-state index contributed by atoms with van der Waals surface area (Å²) < 4.78 is 14.1. The van der Waals surface area contributed by atoms with Gasteiger partial charge in [0.25, 0.3) is 0 Å². The molecule has 0 saturated carbocycles. The standard InChI is InChI=1S/C4H8O2.C4H4O/c1-5-2-4-3-6-4;1-2-4-5-3-1/h4H,2-3H2,1H3;1-4H. The summed E-state index contributed by atoms with van der Waals surface area (Å²) in [5.74, 6) is 0. The Labute approximate surface area is 65.9 Å². The average molecular weight is 156 g/mol. The number of rotatable bonds is 2. The van der Waals surface area contributed by atoms with E-state index in [2.05, 4.69) is 4.42 Å². The van der Waals surface area contributed by atoms with E-state index in [-0.39, 0.29) is 0 Å². The lowest BCUT2D eigenvalue weighted by atomic mass is 10.5. The van der Waals surface area contributed by atoms with Crippen LogP contribution in [0.4, 0.5) is 0 Å². The van der Waals surface area contributed by atoms with Crippen molar-refractivity contribution in [3.63, 3.8) is 0 Å². The first-order valence-corrected chi connectivity index (χ1v) is 3.51. The maximum atomic E-state index is 4.82. The van der Waals surface area contributed by atoms with Crippen molar-refractivity contribution in [1.29, 1.82) is 0 Å². The molecule has 0 spiro atoms. The molecule has 11 heavy (non-hydrogen) atoms. The van der Waals surface area contributed by atoms with Gasteiger partial charge < -0.3 is 13.9 Å². The summed E-state index contributed by atoms with van der Waals surface area (Å²) in [7, 11) is 1.68. The lowest BCUT2D eigenvalue weighted by Gasteiger charge is -1.84. The van der Waals surface area contributed by atoms with Gasteiger partial charge in [-0.05, 0) is 12.1 Å². The van der Waals surface area contributed by atoms with E-state index in [4.69, 9.17) is 9.47 Å². The molecule has 0 bridgehead atoms. The molecule has 2 rings (SSSR count). The van der Waals surface area contributed by atoms with Gasteiger partial charge in [0, 0.05) is 7.11 Å². The van der Waals surface area contributed by atoms with Crippen LogP contribution in [0.25, 0.3) is 0 Å². The molecule has 1 fully saturated rings. The highest BCUT2D eigenvalue weighted by Crippen LogP contribution is 2.06. The van der Waals surface area contributed by atoms with Crippen molar-refractivity contribution >= 4 is 0 Å². The van der Waals surface area contributed by atoms with Gasteiger partial charge in [-0.1, -0.05) is 0 Å². The highest BCUT2D eigenvalue weighted by Gasteiger charge is 2.21. The van der Waals surface area contributed by atoms with Crippen LogP contribution < -0.4 is 0 Å². The third-order valence-electron chi connectivity index (χ3n) is 1.18. The molecule has 62 valence electrons. The van der Waals surface area contributed by atoms with E-state index < -0.39 is 0 Å². The number of hydrogen-bond donors (Lipinski definition) is 0. The summed E-state index contributed by atoms with van der Waals surface area (Å²) >= 11 is 0. The van der Waals surface area contributed by atoms with Crippen molar-refractivity contribution in [3.8, 4) is 0 Å². The van der Waals surface area contributed by atoms with Crippen molar-refractivity contribution in [2.24, 2.45) is 0 Å². The molecule has 3 heteroatoms. The third kappa shape index (κ3) is 4.58. The van der Waals surface area contributed by atoms with Gasteiger partial charge in [-0.2, -0.15) is 0 Å². The minimum absolute atomic E-state index is 0.426. The molecule has 1 aromatic rings. The molecule has 0 radical (unpaired) electrons. The predicted octanol–water partition coefficient (Wildman–Crippen LogP) is 1.31. The van der Waals surface area contributed by atoms with E-state index in [0.29, 0.717) is 6.10 Å². The second-order valence-corrected chi connectivity index (χ2v) is 2.20. The van der Waals surface area contributed by atoms with E-state index in [1.807, 2.05) is 12.1 Å². The highest BCUT2D eigenvalue weighted by atomic mass is 16.6. The van der Waals surface area contributed by atoms with Crippen LogP contribution in [0.1, 0.15) is 0 Å². The number of epoxide rings is 1. The largest absolute Gasteiger partial charge is 0.473 e. The lowest BCUT2D eigenvalue weighted by Crippen LogP contribution is -1.94. The number of hydrogen-bond acceptors (Lipinski definition) is 3. The van der Waals surface area contributed by atoms with Crippen LogP contribution in [0.2, 0.25) is 0 Å². The van der Waals surface area contributed by atoms with Crippen molar-refractivity contribution in [3.05, 3.63) is 24.7 Å². The predicted molar refractivity (Wildman–Crippen MR) is 40.3 cm³/mol. The second kappa shape index (κ2) is 4.93. The topological polar surface area (TPSA) is 34.9 Å². The summed E-state index contributed by atoms with van der Waals surface area (Å²) in [4.78, 5) is 0. The van der Waals surface area contributed by atoms with Gasteiger partial charge in [0.2, 0.25) is 0 Å². The molecule has 1 atom stereocenters. The van der Waals surface area contributed by atoms with Gasteiger partial charge in [0.05, 0.1) is 25.7 Å². The Morgan fingerprint density at radius 1 is 1.45 bits per heavy atom. The fourth-order valence-corrected chi connectivity index (χ4v) is 0.577. The Morgan fingerprint density at radius 3 is 2.27 bits per heavy atom. The van der Waals surface area contributed by atoms with Crippen LogP contribution in [0.3, 0.4) is 0 Å². The summed E-state index contributed by atoms with van der Waals surface area (Å²) in [6, 6.07) is 3.67. The number of furan rings is 1. The zero-order valence-corrected chi connectivity index (χ0v) is 6.53. The van der Waals surface area contributed by atoms with Crippen molar-refractivity contribution < 1.29 is 13.9 Å². The SMILES string of the molecule is COCC1CO1.c1ccoc1. The summed E-state index contributed by atoms with van der Waals surface area (Å²) in [5, 5.41) is 0. The molecule has 1 aromatic heterocycles. The quantitative estimate of drug-likeness (QED) is 0.605. The molecule has 0 aliphatic carbocycles. The van der Waals surface area contributed by atoms with E-state index in [1.54, 1.807) is 19.6 Å². The van der Waals surface area contributed by atoms with Gasteiger partial charge in [-0.25, -0.2) is 0 Å². The maximum absolute atomic E-state index is 4.82. The van der Waals surface area contributed by atoms with Crippen LogP contribution in [-0.4, -0.2) is 26.4 Å². The summed E-state index contributed by atoms with van der Waals surface area (Å²) in [6.45, 7) is 1.66. The normalized spacial score (nSPS) is 20.3. The molecule has 2 heterocycles. The van der Waals surface area contributed by atoms with Crippen molar-refractivity contribution in [2.75, 3.05) is 20.3 Å². The van der Waals surface area contributed by atoms with Gasteiger partial charge in [0.15, 0.2) is 0 Å². The van der Waals surface area contributed by atoms with E-state index in [0.717, 1.165) is 13.2 Å². The Hall–Kier alpha value is -0.800. The van der Waals surface area contributed by atoms with Gasteiger partial charge in [-0.3, -0.25) is 0 Å². The van der Waals surface area contributed by atoms with Crippen LogP contribution in [0, 0.1) is 0 Å². The summed E-state index contributed by atoms with van der Waals surface area (Å²) in [5.41, 5.74) is 0. The monoisotopic (exact) mass is 156 g/mol. The van der Waals surface area contributed by atoms with Gasteiger partial charge in [-0.15, -0.1) is 0 Å². The Morgan fingerprint density at radius 2 is 2.09 bits per heavy atom. The molecule has 1 saturated heterocycles. The number of methoxy groups -OCH3 is 1. The molecule has 0 N–H and O–H groups in total. The third-order valence-corrected chi connectivity index (χ3v) is 1.18. The van der Waals surface area contributed by atoms with Gasteiger partial charge >= 0.3 is 0 Å². The fraction of sp³-hybridized carbons (Fsp3) is 0.500. The molecular weight excluding hydrogens is 144 g/mol. The first-order valence-electron chi connectivity index (χ1n) is 3.51. The van der Waals surface area contributed by atoms with Gasteiger partial charge in [0.1, 0.15) is 6.10 Å². The molecule has 3 nitrogen and oxygen atoms in total.